The lowest BCUT2D eigenvalue weighted by Crippen LogP contribution is -2.60. The summed E-state index contributed by atoms with van der Waals surface area (Å²) in [5, 5.41) is 9.45. The summed E-state index contributed by atoms with van der Waals surface area (Å²) in [6.07, 6.45) is -12.3. The monoisotopic (exact) mass is 366 g/mol. The molecule has 130 valence electrons. The highest BCUT2D eigenvalue weighted by molar-refractivity contribution is 8.01. The van der Waals surface area contributed by atoms with E-state index in [2.05, 4.69) is 9.15 Å². The van der Waals surface area contributed by atoms with Crippen LogP contribution >= 0.6 is 11.8 Å². The Balaban J connectivity index is 3.68. The van der Waals surface area contributed by atoms with E-state index in [0.29, 0.717) is 13.2 Å². The third-order valence-corrected chi connectivity index (χ3v) is 4.05. The fourth-order valence-electron chi connectivity index (χ4n) is 1.53. The van der Waals surface area contributed by atoms with Crippen LogP contribution in [-0.4, -0.2) is 35.3 Å². The van der Waals surface area contributed by atoms with Crippen LogP contribution in [0.3, 0.4) is 0 Å². The second-order valence-corrected chi connectivity index (χ2v) is 5.35. The quantitative estimate of drug-likeness (QED) is 0.504. The third kappa shape index (κ3) is 3.26. The van der Waals surface area contributed by atoms with Gasteiger partial charge in [0.2, 0.25) is 0 Å². The average molecular weight is 366 g/mol. The topological polar surface area (TPSA) is 76.7 Å². The zero-order valence-electron chi connectivity index (χ0n) is 11.3. The lowest BCUT2D eigenvalue weighted by atomic mass is 10.1. The summed E-state index contributed by atoms with van der Waals surface area (Å²) >= 11 is -1.24. The Morgan fingerprint density at radius 3 is 2.04 bits per heavy atom. The van der Waals surface area contributed by atoms with Gasteiger partial charge in [-0.25, -0.2) is 9.59 Å². The molecule has 0 saturated carbocycles. The number of hydrogen-bond acceptors (Lipinski definition) is 6. The van der Waals surface area contributed by atoms with Crippen molar-refractivity contribution in [3.8, 4) is 5.75 Å². The highest BCUT2D eigenvalue weighted by atomic mass is 32.2. The molecule has 0 amide bonds. The third-order valence-electron chi connectivity index (χ3n) is 2.54. The summed E-state index contributed by atoms with van der Waals surface area (Å²) in [5.74, 6) is -4.13. The largest absolute Gasteiger partial charge is 0.506 e. The molecule has 0 unspecified atom stereocenters. The van der Waals surface area contributed by atoms with Gasteiger partial charge in [-0.2, -0.15) is 26.3 Å². The smallest absolute Gasteiger partial charge is 0.423 e. The first-order chi connectivity index (χ1) is 10.3. The highest BCUT2D eigenvalue weighted by Gasteiger charge is 2.78. The maximum Gasteiger partial charge on any atom is 0.423 e. The first-order valence-electron chi connectivity index (χ1n) is 5.52. The Morgan fingerprint density at radius 2 is 1.70 bits per heavy atom. The number of aromatic hydroxyl groups is 1. The lowest BCUT2D eigenvalue weighted by molar-refractivity contribution is -0.264. The molecule has 23 heavy (non-hydrogen) atoms. The second-order valence-electron chi connectivity index (χ2n) is 4.13. The number of ether oxygens (including phenoxy) is 1. The van der Waals surface area contributed by atoms with Crippen molar-refractivity contribution in [2.24, 2.45) is 0 Å². The van der Waals surface area contributed by atoms with Gasteiger partial charge in [0.1, 0.15) is 16.4 Å². The number of esters is 1. The zero-order chi connectivity index (χ0) is 18.2. The van der Waals surface area contributed by atoms with Gasteiger partial charge in [-0.15, -0.1) is 0 Å². The van der Waals surface area contributed by atoms with Gasteiger partial charge in [-0.05, 0) is 6.92 Å². The predicted molar refractivity (Wildman–Crippen MR) is 64.1 cm³/mol. The van der Waals surface area contributed by atoms with Crippen molar-refractivity contribution in [2.75, 3.05) is 7.11 Å². The summed E-state index contributed by atoms with van der Waals surface area (Å²) < 4.78 is 81.4. The molecule has 0 aromatic carbocycles. The number of thioether (sulfide) groups is 1. The van der Waals surface area contributed by atoms with Crippen molar-refractivity contribution < 1.29 is 45.4 Å². The summed E-state index contributed by atoms with van der Waals surface area (Å²) in [6, 6.07) is 0.637. The van der Waals surface area contributed by atoms with Crippen LogP contribution in [0.4, 0.5) is 26.3 Å². The van der Waals surface area contributed by atoms with Crippen LogP contribution in [0.15, 0.2) is 20.2 Å². The lowest BCUT2D eigenvalue weighted by Gasteiger charge is -2.33. The summed E-state index contributed by atoms with van der Waals surface area (Å²) in [7, 11) is 0.326. The van der Waals surface area contributed by atoms with E-state index in [1.807, 2.05) is 0 Å². The van der Waals surface area contributed by atoms with Gasteiger partial charge in [0.05, 0.1) is 7.11 Å². The number of rotatable bonds is 3. The van der Waals surface area contributed by atoms with Gasteiger partial charge in [0.25, 0.3) is 0 Å². The SMILES string of the molecule is COC(=O)C(Sc1c(O)cc(C)oc1=O)(C(F)(F)F)C(F)(F)F. The van der Waals surface area contributed by atoms with Crippen molar-refractivity contribution in [1.29, 1.82) is 0 Å². The van der Waals surface area contributed by atoms with Crippen molar-refractivity contribution >= 4 is 17.7 Å². The van der Waals surface area contributed by atoms with Gasteiger partial charge in [-0.1, -0.05) is 11.8 Å². The number of aryl methyl sites for hydroxylation is 1. The fraction of sp³-hybridized carbons (Fsp3) is 0.455. The molecule has 0 fully saturated rings. The second kappa shape index (κ2) is 5.98. The molecule has 0 atom stereocenters. The fourth-order valence-corrected chi connectivity index (χ4v) is 2.52. The average Bonchev–Trinajstić information content (AvgIpc) is 2.33. The minimum absolute atomic E-state index is 0.250. The number of halogens is 6. The number of hydrogen-bond donors (Lipinski definition) is 1. The number of carbonyl (C=O) groups is 1. The van der Waals surface area contributed by atoms with E-state index >= 15 is 0 Å². The van der Waals surface area contributed by atoms with Crippen molar-refractivity contribution in [3.63, 3.8) is 0 Å². The zero-order valence-corrected chi connectivity index (χ0v) is 12.2. The van der Waals surface area contributed by atoms with Crippen LogP contribution in [0.1, 0.15) is 5.76 Å². The molecule has 0 aliphatic carbocycles. The molecule has 0 aliphatic rings. The molecular weight excluding hydrogens is 358 g/mol. The maximum absolute atomic E-state index is 13.1. The Hall–Kier alpha value is -1.85. The van der Waals surface area contributed by atoms with Crippen molar-refractivity contribution in [2.45, 2.75) is 28.9 Å². The molecule has 5 nitrogen and oxygen atoms in total. The van der Waals surface area contributed by atoms with Gasteiger partial charge in [-0.3, -0.25) is 0 Å². The first-order valence-corrected chi connectivity index (χ1v) is 6.34. The molecule has 0 aliphatic heterocycles. The molecule has 1 aromatic heterocycles. The van der Waals surface area contributed by atoms with Gasteiger partial charge >= 0.3 is 28.7 Å². The molecule has 0 saturated heterocycles. The van der Waals surface area contributed by atoms with Crippen LogP contribution in [0.2, 0.25) is 0 Å². The Bertz CT molecular complexity index is 648. The van der Waals surface area contributed by atoms with Gasteiger partial charge < -0.3 is 14.3 Å². The molecule has 0 spiro atoms. The maximum atomic E-state index is 13.1. The van der Waals surface area contributed by atoms with E-state index in [9.17, 15) is 41.0 Å². The van der Waals surface area contributed by atoms with Gasteiger partial charge in [0, 0.05) is 6.07 Å². The summed E-state index contributed by atoms with van der Waals surface area (Å²) in [4.78, 5) is 21.4. The molecule has 1 heterocycles. The highest BCUT2D eigenvalue weighted by Crippen LogP contribution is 2.55. The predicted octanol–water partition coefficient (Wildman–Crippen LogP) is 2.78. The molecule has 12 heteroatoms. The van der Waals surface area contributed by atoms with E-state index in [4.69, 9.17) is 0 Å². The molecule has 0 bridgehead atoms. The molecule has 1 N–H and O–H groups in total. The Labute approximate surface area is 128 Å². The van der Waals surface area contributed by atoms with E-state index in [-0.39, 0.29) is 5.76 Å². The standard InChI is InChI=1S/C11H8F6O5S/c1-4-3-5(18)6(7(19)22-4)23-9(8(20)21-2,10(12,13)14)11(15,16)17/h3,18H,1-2H3. The van der Waals surface area contributed by atoms with E-state index in [1.165, 1.54) is 0 Å². The first kappa shape index (κ1) is 19.2. The molecular formula is C11H8F6O5S. The van der Waals surface area contributed by atoms with Crippen LogP contribution in [0, 0.1) is 6.92 Å². The van der Waals surface area contributed by atoms with E-state index < -0.39 is 51.1 Å². The normalized spacial score (nSPS) is 13.0. The van der Waals surface area contributed by atoms with E-state index in [1.54, 1.807) is 0 Å². The minimum Gasteiger partial charge on any atom is -0.506 e. The van der Waals surface area contributed by atoms with Crippen molar-refractivity contribution in [1.82, 2.24) is 0 Å². The van der Waals surface area contributed by atoms with Crippen LogP contribution in [-0.2, 0) is 9.53 Å². The number of methoxy groups -OCH3 is 1. The molecule has 0 radical (unpaired) electrons. The number of alkyl halides is 6. The molecule has 1 aromatic rings. The van der Waals surface area contributed by atoms with E-state index in [0.717, 1.165) is 6.92 Å². The Kier molecular flexibility index (Phi) is 4.99. The Morgan fingerprint density at radius 1 is 1.22 bits per heavy atom. The van der Waals surface area contributed by atoms with Crippen LogP contribution in [0.25, 0.3) is 0 Å². The number of carbonyl (C=O) groups excluding carboxylic acids is 1. The van der Waals surface area contributed by atoms with Crippen LogP contribution < -0.4 is 5.63 Å². The summed E-state index contributed by atoms with van der Waals surface area (Å²) in [5.41, 5.74) is -1.66. The summed E-state index contributed by atoms with van der Waals surface area (Å²) in [6.45, 7) is 1.14. The minimum atomic E-state index is -6.17. The van der Waals surface area contributed by atoms with Crippen LogP contribution in [0.5, 0.6) is 5.75 Å². The van der Waals surface area contributed by atoms with Gasteiger partial charge in [0.15, 0.2) is 0 Å². The molecule has 1 rings (SSSR count). The van der Waals surface area contributed by atoms with Crippen molar-refractivity contribution in [3.05, 3.63) is 22.2 Å².